The van der Waals surface area contributed by atoms with E-state index in [1.807, 2.05) is 0 Å². The molecule has 8 heteroatoms. The number of hydrogen-bond acceptors (Lipinski definition) is 2. The molecule has 3 aromatic carbocycles. The van der Waals surface area contributed by atoms with E-state index in [0.29, 0.717) is 21.5 Å². The Labute approximate surface area is 179 Å². The second kappa shape index (κ2) is 7.75. The van der Waals surface area contributed by atoms with Crippen LogP contribution in [-0.4, -0.2) is 9.78 Å². The molecule has 0 atom stereocenters. The molecule has 3 nitrogen and oxygen atoms in total. The van der Waals surface area contributed by atoms with Gasteiger partial charge in [0.15, 0.2) is 0 Å². The smallest absolute Gasteiger partial charge is 0.215 e. The zero-order valence-corrected chi connectivity index (χ0v) is 16.9. The molecule has 4 aromatic rings. The minimum absolute atomic E-state index is 0.0472. The summed E-state index contributed by atoms with van der Waals surface area (Å²) in [6, 6.07) is 12.9. The van der Waals surface area contributed by atoms with Crippen molar-refractivity contribution in [2.45, 2.75) is 6.54 Å². The molecule has 0 fully saturated rings. The summed E-state index contributed by atoms with van der Waals surface area (Å²) in [5, 5.41) is 5.60. The van der Waals surface area contributed by atoms with E-state index in [1.165, 1.54) is 10.7 Å². The monoisotopic (exact) mass is 450 g/mol. The van der Waals surface area contributed by atoms with Crippen molar-refractivity contribution in [1.82, 2.24) is 9.78 Å². The number of nitrogens with zero attached hydrogens (tertiary/aromatic N) is 2. The second-order valence-electron chi connectivity index (χ2n) is 6.33. The van der Waals surface area contributed by atoms with E-state index >= 15 is 0 Å². The summed E-state index contributed by atoms with van der Waals surface area (Å²) in [6.07, 6.45) is 0. The van der Waals surface area contributed by atoms with Crippen LogP contribution < -0.4 is 5.43 Å². The highest BCUT2D eigenvalue weighted by molar-refractivity contribution is 6.43. The fourth-order valence-corrected chi connectivity index (χ4v) is 3.61. The van der Waals surface area contributed by atoms with Crippen LogP contribution in [0.5, 0.6) is 0 Å². The zero-order chi connectivity index (χ0) is 20.7. The highest BCUT2D eigenvalue weighted by atomic mass is 35.5. The Balaban J connectivity index is 2.00. The predicted octanol–water partition coefficient (Wildman–Crippen LogP) is 6.35. The van der Waals surface area contributed by atoms with Crippen molar-refractivity contribution in [2.75, 3.05) is 0 Å². The van der Waals surface area contributed by atoms with Gasteiger partial charge < -0.3 is 0 Å². The molecule has 0 aliphatic heterocycles. The minimum Gasteiger partial charge on any atom is -0.287 e. The van der Waals surface area contributed by atoms with Crippen molar-refractivity contribution in [1.29, 1.82) is 0 Å². The van der Waals surface area contributed by atoms with Crippen molar-refractivity contribution in [3.05, 3.63) is 97.1 Å². The lowest BCUT2D eigenvalue weighted by Crippen LogP contribution is -2.18. The first-order valence-electron chi connectivity index (χ1n) is 8.44. The molecule has 0 aliphatic carbocycles. The van der Waals surface area contributed by atoms with Gasteiger partial charge in [-0.25, -0.2) is 8.78 Å². The molecule has 0 saturated carbocycles. The number of halogens is 5. The standard InChI is InChI=1S/C21H11Cl3F2N2O/c22-12-5-7-14-18(8-12)28(10-11-4-6-13(25)9-17(11)26)27-20(21(14)29)15-2-1-3-16(23)19(15)24/h1-9H,10H2. The van der Waals surface area contributed by atoms with E-state index in [0.717, 1.165) is 12.1 Å². The van der Waals surface area contributed by atoms with Crippen LogP contribution >= 0.6 is 34.8 Å². The fourth-order valence-electron chi connectivity index (χ4n) is 3.05. The van der Waals surface area contributed by atoms with Crippen LogP contribution in [0.15, 0.2) is 59.4 Å². The first kappa shape index (κ1) is 19.8. The highest BCUT2D eigenvalue weighted by Crippen LogP contribution is 2.32. The summed E-state index contributed by atoms with van der Waals surface area (Å²) >= 11 is 18.5. The third kappa shape index (κ3) is 3.73. The van der Waals surface area contributed by atoms with Crippen LogP contribution in [-0.2, 0) is 6.54 Å². The Bertz CT molecular complexity index is 1320. The molecule has 0 bridgehead atoms. The largest absolute Gasteiger partial charge is 0.287 e. The van der Waals surface area contributed by atoms with Crippen LogP contribution in [0.3, 0.4) is 0 Å². The van der Waals surface area contributed by atoms with Crippen LogP contribution in [0.1, 0.15) is 5.56 Å². The molecule has 146 valence electrons. The average molecular weight is 452 g/mol. The van der Waals surface area contributed by atoms with Crippen molar-refractivity contribution in [2.24, 2.45) is 0 Å². The van der Waals surface area contributed by atoms with Gasteiger partial charge in [0, 0.05) is 27.6 Å². The lowest BCUT2D eigenvalue weighted by Gasteiger charge is -2.14. The van der Waals surface area contributed by atoms with Crippen LogP contribution in [0.4, 0.5) is 8.78 Å². The van der Waals surface area contributed by atoms with Gasteiger partial charge in [-0.1, -0.05) is 53.0 Å². The van der Waals surface area contributed by atoms with Gasteiger partial charge in [0.1, 0.15) is 17.3 Å². The van der Waals surface area contributed by atoms with Crippen molar-refractivity contribution < 1.29 is 8.78 Å². The van der Waals surface area contributed by atoms with Crippen LogP contribution in [0, 0.1) is 11.6 Å². The molecule has 0 saturated heterocycles. The molecular formula is C21H11Cl3F2N2O. The third-order valence-corrected chi connectivity index (χ3v) is 5.51. The molecule has 0 spiro atoms. The zero-order valence-electron chi connectivity index (χ0n) is 14.6. The highest BCUT2D eigenvalue weighted by Gasteiger charge is 2.17. The third-order valence-electron chi connectivity index (χ3n) is 4.46. The van der Waals surface area contributed by atoms with E-state index in [-0.39, 0.29) is 33.3 Å². The number of rotatable bonds is 3. The molecule has 29 heavy (non-hydrogen) atoms. The molecule has 0 N–H and O–H groups in total. The Hall–Kier alpha value is -2.47. The first-order valence-corrected chi connectivity index (χ1v) is 9.57. The Morgan fingerprint density at radius 2 is 1.76 bits per heavy atom. The molecule has 4 rings (SSSR count). The van der Waals surface area contributed by atoms with Gasteiger partial charge >= 0.3 is 0 Å². The Kier molecular flexibility index (Phi) is 5.30. The Morgan fingerprint density at radius 1 is 0.966 bits per heavy atom. The summed E-state index contributed by atoms with van der Waals surface area (Å²) in [5.41, 5.74) is 0.668. The summed E-state index contributed by atoms with van der Waals surface area (Å²) in [7, 11) is 0. The molecule has 0 amide bonds. The molecule has 0 aliphatic rings. The fraction of sp³-hybridized carbons (Fsp3) is 0.0476. The van der Waals surface area contributed by atoms with Crippen LogP contribution in [0.25, 0.3) is 22.2 Å². The minimum atomic E-state index is -0.719. The van der Waals surface area contributed by atoms with E-state index in [2.05, 4.69) is 5.10 Å². The van der Waals surface area contributed by atoms with Crippen molar-refractivity contribution >= 4 is 45.7 Å². The molecule has 1 aromatic heterocycles. The number of hydrogen-bond donors (Lipinski definition) is 0. The molecule has 1 heterocycles. The normalized spacial score (nSPS) is 11.2. The molecular weight excluding hydrogens is 441 g/mol. The van der Waals surface area contributed by atoms with Crippen molar-refractivity contribution in [3.63, 3.8) is 0 Å². The lowest BCUT2D eigenvalue weighted by atomic mass is 10.1. The van der Waals surface area contributed by atoms with Gasteiger partial charge in [0.2, 0.25) is 5.43 Å². The van der Waals surface area contributed by atoms with E-state index in [1.54, 1.807) is 36.4 Å². The number of fused-ring (bicyclic) bond motifs is 1. The van der Waals surface area contributed by atoms with E-state index in [4.69, 9.17) is 34.8 Å². The summed E-state index contributed by atoms with van der Waals surface area (Å²) < 4.78 is 28.9. The van der Waals surface area contributed by atoms with Crippen LogP contribution in [0.2, 0.25) is 15.1 Å². The van der Waals surface area contributed by atoms with Gasteiger partial charge in [0.05, 0.1) is 22.1 Å². The maximum Gasteiger partial charge on any atom is 0.215 e. The van der Waals surface area contributed by atoms with E-state index < -0.39 is 11.6 Å². The average Bonchev–Trinajstić information content (AvgIpc) is 2.68. The maximum absolute atomic E-state index is 14.2. The topological polar surface area (TPSA) is 34.9 Å². The van der Waals surface area contributed by atoms with Gasteiger partial charge in [-0.2, -0.15) is 5.10 Å². The van der Waals surface area contributed by atoms with Gasteiger partial charge in [0.25, 0.3) is 0 Å². The molecule has 0 radical (unpaired) electrons. The lowest BCUT2D eigenvalue weighted by molar-refractivity contribution is 0.560. The Morgan fingerprint density at radius 3 is 2.52 bits per heavy atom. The van der Waals surface area contributed by atoms with Gasteiger partial charge in [-0.05, 0) is 30.3 Å². The quantitative estimate of drug-likeness (QED) is 0.364. The molecule has 0 unspecified atom stereocenters. The van der Waals surface area contributed by atoms with E-state index in [9.17, 15) is 13.6 Å². The van der Waals surface area contributed by atoms with Crippen molar-refractivity contribution in [3.8, 4) is 11.3 Å². The SMILES string of the molecule is O=c1c(-c2cccc(Cl)c2Cl)nn(Cc2ccc(F)cc2F)c2cc(Cl)ccc12. The first-order chi connectivity index (χ1) is 13.8. The summed E-state index contributed by atoms with van der Waals surface area (Å²) in [4.78, 5) is 13.1. The summed E-state index contributed by atoms with van der Waals surface area (Å²) in [6.45, 7) is -0.0472. The van der Waals surface area contributed by atoms with Gasteiger partial charge in [-0.15, -0.1) is 0 Å². The maximum atomic E-state index is 14.2. The predicted molar refractivity (Wildman–Crippen MR) is 112 cm³/mol. The van der Waals surface area contributed by atoms with Gasteiger partial charge in [-0.3, -0.25) is 9.48 Å². The second-order valence-corrected chi connectivity index (χ2v) is 7.56. The summed E-state index contributed by atoms with van der Waals surface area (Å²) in [5.74, 6) is -1.40. The number of aromatic nitrogens is 2. The number of benzene rings is 3.